The van der Waals surface area contributed by atoms with E-state index in [9.17, 15) is 30.4 Å². The van der Waals surface area contributed by atoms with E-state index in [1.165, 1.54) is 6.92 Å². The molecule has 0 fully saturated rings. The zero-order chi connectivity index (χ0) is 15.9. The van der Waals surface area contributed by atoms with Crippen molar-refractivity contribution in [1.29, 1.82) is 0 Å². The highest BCUT2D eigenvalue weighted by Crippen LogP contribution is 2.43. The molecular weight excluding hydrogens is 297 g/mol. The SMILES string of the molecule is CCCCC(F)C(F)(F)C(F)(F)S(=O)(=O)O.CNC. The minimum atomic E-state index is -6.35. The van der Waals surface area contributed by atoms with Gasteiger partial charge in [0, 0.05) is 0 Å². The topological polar surface area (TPSA) is 66.4 Å². The van der Waals surface area contributed by atoms with Gasteiger partial charge in [0.05, 0.1) is 0 Å². The first-order valence-corrected chi connectivity index (χ1v) is 6.79. The normalized spacial score (nSPS) is 14.6. The van der Waals surface area contributed by atoms with Crippen LogP contribution in [0.5, 0.6) is 0 Å². The minimum Gasteiger partial charge on any atom is -0.323 e. The van der Waals surface area contributed by atoms with Gasteiger partial charge in [0.1, 0.15) is 0 Å². The summed E-state index contributed by atoms with van der Waals surface area (Å²) in [4.78, 5) is 0. The molecule has 19 heavy (non-hydrogen) atoms. The number of hydrogen-bond acceptors (Lipinski definition) is 3. The Morgan fingerprint density at radius 3 is 1.84 bits per heavy atom. The molecule has 0 aliphatic carbocycles. The predicted molar refractivity (Wildman–Crippen MR) is 60.8 cm³/mol. The summed E-state index contributed by atoms with van der Waals surface area (Å²) >= 11 is 0. The lowest BCUT2D eigenvalue weighted by atomic mass is 10.1. The van der Waals surface area contributed by atoms with Crippen LogP contribution in [-0.4, -0.2) is 44.4 Å². The van der Waals surface area contributed by atoms with E-state index in [0.717, 1.165) is 0 Å². The van der Waals surface area contributed by atoms with E-state index in [2.05, 4.69) is 5.32 Å². The van der Waals surface area contributed by atoms with Gasteiger partial charge in [0.15, 0.2) is 6.17 Å². The standard InChI is InChI=1S/C7H11F5O3S.C2H7N/c1-2-3-4-5(8)6(9,10)7(11,12)16(13,14)15;1-3-2/h5H,2-4H2,1H3,(H,13,14,15);3H,1-2H3. The van der Waals surface area contributed by atoms with Crippen LogP contribution in [-0.2, 0) is 10.1 Å². The van der Waals surface area contributed by atoms with Crippen molar-refractivity contribution in [2.24, 2.45) is 0 Å². The average Bonchev–Trinajstić information content (AvgIpc) is 2.24. The van der Waals surface area contributed by atoms with E-state index in [1.54, 1.807) is 0 Å². The second kappa shape index (κ2) is 7.95. The van der Waals surface area contributed by atoms with Crippen LogP contribution in [0.25, 0.3) is 0 Å². The van der Waals surface area contributed by atoms with Gasteiger partial charge in [0.25, 0.3) is 0 Å². The van der Waals surface area contributed by atoms with E-state index in [-0.39, 0.29) is 12.8 Å². The molecular formula is C9H18F5NO3S. The molecule has 118 valence electrons. The molecule has 0 aromatic rings. The number of hydrogen-bond donors (Lipinski definition) is 2. The molecule has 1 unspecified atom stereocenters. The van der Waals surface area contributed by atoms with Crippen molar-refractivity contribution in [2.75, 3.05) is 14.1 Å². The summed E-state index contributed by atoms with van der Waals surface area (Å²) < 4.78 is 91.4. The smallest absolute Gasteiger partial charge is 0.323 e. The van der Waals surface area contributed by atoms with Crippen molar-refractivity contribution in [3.63, 3.8) is 0 Å². The van der Waals surface area contributed by atoms with Gasteiger partial charge in [-0.25, -0.2) is 4.39 Å². The number of alkyl halides is 5. The summed E-state index contributed by atoms with van der Waals surface area (Å²) in [6, 6.07) is 0. The first-order chi connectivity index (χ1) is 8.40. The van der Waals surface area contributed by atoms with Crippen LogP contribution < -0.4 is 5.32 Å². The van der Waals surface area contributed by atoms with E-state index in [4.69, 9.17) is 4.55 Å². The monoisotopic (exact) mass is 315 g/mol. The molecule has 1 atom stereocenters. The number of unbranched alkanes of at least 4 members (excludes halogenated alkanes) is 1. The molecule has 0 aliphatic heterocycles. The molecule has 0 aromatic carbocycles. The van der Waals surface area contributed by atoms with Crippen LogP contribution in [0.4, 0.5) is 22.0 Å². The summed E-state index contributed by atoms with van der Waals surface area (Å²) in [6.07, 6.45) is -4.05. The first kappa shape index (κ1) is 20.8. The third-order valence-electron chi connectivity index (χ3n) is 1.92. The summed E-state index contributed by atoms with van der Waals surface area (Å²) in [7, 11) is -2.60. The van der Waals surface area contributed by atoms with E-state index < -0.39 is 33.9 Å². The average molecular weight is 315 g/mol. The van der Waals surface area contributed by atoms with Crippen molar-refractivity contribution in [3.8, 4) is 0 Å². The van der Waals surface area contributed by atoms with Crippen molar-refractivity contribution < 1.29 is 34.9 Å². The predicted octanol–water partition coefficient (Wildman–Crippen LogP) is 2.47. The Morgan fingerprint density at radius 2 is 1.58 bits per heavy atom. The summed E-state index contributed by atoms with van der Waals surface area (Å²) in [5.74, 6) is -5.45. The molecule has 0 radical (unpaired) electrons. The highest BCUT2D eigenvalue weighted by atomic mass is 32.2. The maximum atomic E-state index is 12.8. The molecule has 2 N–H and O–H groups in total. The van der Waals surface area contributed by atoms with Crippen LogP contribution in [0.1, 0.15) is 26.2 Å². The van der Waals surface area contributed by atoms with Crippen molar-refractivity contribution >= 4 is 10.1 Å². The lowest BCUT2D eigenvalue weighted by Gasteiger charge is -2.26. The Morgan fingerprint density at radius 1 is 1.21 bits per heavy atom. The van der Waals surface area contributed by atoms with Gasteiger partial charge in [-0.2, -0.15) is 26.0 Å². The van der Waals surface area contributed by atoms with Gasteiger partial charge in [-0.3, -0.25) is 4.55 Å². The van der Waals surface area contributed by atoms with E-state index in [0.29, 0.717) is 0 Å². The zero-order valence-corrected chi connectivity index (χ0v) is 11.6. The molecule has 0 amide bonds. The Kier molecular flexibility index (Phi) is 8.72. The Bertz CT molecular complexity index is 348. The maximum absolute atomic E-state index is 12.8. The Hall–Kier alpha value is -0.480. The number of halogens is 5. The molecule has 0 bridgehead atoms. The van der Waals surface area contributed by atoms with Gasteiger partial charge in [-0.1, -0.05) is 19.8 Å². The largest absolute Gasteiger partial charge is 0.434 e. The van der Waals surface area contributed by atoms with Gasteiger partial charge in [-0.15, -0.1) is 0 Å². The van der Waals surface area contributed by atoms with Gasteiger partial charge < -0.3 is 5.32 Å². The van der Waals surface area contributed by atoms with Crippen LogP contribution in [0.3, 0.4) is 0 Å². The van der Waals surface area contributed by atoms with E-state index >= 15 is 0 Å². The van der Waals surface area contributed by atoms with E-state index in [1.807, 2.05) is 14.1 Å². The first-order valence-electron chi connectivity index (χ1n) is 5.35. The van der Waals surface area contributed by atoms with Crippen LogP contribution in [0.15, 0.2) is 0 Å². The molecule has 0 saturated carbocycles. The summed E-state index contributed by atoms with van der Waals surface area (Å²) in [5, 5.41) is -3.08. The minimum absolute atomic E-state index is 0.0989. The molecule has 0 heterocycles. The lowest BCUT2D eigenvalue weighted by Crippen LogP contribution is -2.52. The fourth-order valence-electron chi connectivity index (χ4n) is 0.919. The van der Waals surface area contributed by atoms with Crippen LogP contribution in [0, 0.1) is 0 Å². The highest BCUT2D eigenvalue weighted by Gasteiger charge is 2.69. The summed E-state index contributed by atoms with van der Waals surface area (Å²) in [5.41, 5.74) is 0. The van der Waals surface area contributed by atoms with Gasteiger partial charge in [0.2, 0.25) is 0 Å². The fraction of sp³-hybridized carbons (Fsp3) is 1.00. The molecule has 0 aliphatic rings. The fourth-order valence-corrected chi connectivity index (χ4v) is 1.39. The Balaban J connectivity index is 0. The molecule has 0 rings (SSSR count). The van der Waals surface area contributed by atoms with Gasteiger partial charge in [-0.05, 0) is 20.5 Å². The van der Waals surface area contributed by atoms with Gasteiger partial charge >= 0.3 is 21.3 Å². The Labute approximate surface area is 109 Å². The van der Waals surface area contributed by atoms with Crippen LogP contribution in [0.2, 0.25) is 0 Å². The second-order valence-electron chi connectivity index (χ2n) is 3.72. The number of nitrogens with one attached hydrogen (secondary N) is 1. The molecule has 10 heteroatoms. The third-order valence-corrected chi connectivity index (χ3v) is 2.84. The third kappa shape index (κ3) is 5.57. The highest BCUT2D eigenvalue weighted by molar-refractivity contribution is 7.87. The molecule has 0 saturated heterocycles. The molecule has 0 aromatic heterocycles. The molecule has 0 spiro atoms. The maximum Gasteiger partial charge on any atom is 0.434 e. The lowest BCUT2D eigenvalue weighted by molar-refractivity contribution is -0.198. The van der Waals surface area contributed by atoms with Crippen molar-refractivity contribution in [2.45, 2.75) is 43.5 Å². The number of rotatable bonds is 6. The van der Waals surface area contributed by atoms with Crippen LogP contribution >= 0.6 is 0 Å². The van der Waals surface area contributed by atoms with Crippen molar-refractivity contribution in [1.82, 2.24) is 5.32 Å². The second-order valence-corrected chi connectivity index (χ2v) is 5.19. The van der Waals surface area contributed by atoms with Crippen molar-refractivity contribution in [3.05, 3.63) is 0 Å². The molecule has 4 nitrogen and oxygen atoms in total. The summed E-state index contributed by atoms with van der Waals surface area (Å²) in [6.45, 7) is 1.52. The quantitative estimate of drug-likeness (QED) is 0.584. The zero-order valence-electron chi connectivity index (χ0n) is 10.8.